The van der Waals surface area contributed by atoms with Gasteiger partial charge in [-0.15, -0.1) is 0 Å². The van der Waals surface area contributed by atoms with E-state index in [4.69, 9.17) is 9.47 Å². The lowest BCUT2D eigenvalue weighted by molar-refractivity contribution is -0.258. The molecule has 2 unspecified atom stereocenters. The van der Waals surface area contributed by atoms with Crippen LogP contribution in [0.2, 0.25) is 0 Å². The highest BCUT2D eigenvalue weighted by Gasteiger charge is 2.43. The maximum absolute atomic E-state index is 13.1. The predicted molar refractivity (Wildman–Crippen MR) is 184 cm³/mol. The van der Waals surface area contributed by atoms with Crippen molar-refractivity contribution in [3.05, 3.63) is 48.0 Å². The first-order valence-corrected chi connectivity index (χ1v) is 18.1. The van der Waals surface area contributed by atoms with Crippen molar-refractivity contribution in [3.8, 4) is 0 Å². The smallest absolute Gasteiger partial charge is 0.249 e. The van der Waals surface area contributed by atoms with E-state index in [-0.39, 0.29) is 30.7 Å². The van der Waals surface area contributed by atoms with Gasteiger partial charge in [-0.1, -0.05) is 115 Å². The third-order valence-corrected chi connectivity index (χ3v) is 9.16. The number of piperazine rings is 1. The Kier molecular flexibility index (Phi) is 17.4. The standard InChI is InChI=1S/C38H61N3O5/c1-4-5-6-7-8-9-10-11-12-13-14-15-16-17-21-24-33(42)40-27-29-41(30-28-40)34(43)25-26-39-36(44)35-38(2,3)31-45-37(46-35)32-22-19-18-20-23-32/h11-12,18-20,22-23,35,37H,4-10,13-17,21,24-31H2,1-3H3,(H,39,44). The van der Waals surface area contributed by atoms with E-state index in [1.54, 1.807) is 4.90 Å². The molecule has 1 aromatic rings. The fourth-order valence-electron chi connectivity index (χ4n) is 6.17. The van der Waals surface area contributed by atoms with Gasteiger partial charge in [0.05, 0.1) is 6.61 Å². The molecule has 3 rings (SSSR count). The van der Waals surface area contributed by atoms with Crippen LogP contribution in [-0.2, 0) is 23.9 Å². The Morgan fingerprint density at radius 1 is 0.783 bits per heavy atom. The van der Waals surface area contributed by atoms with Crippen LogP contribution in [0.5, 0.6) is 0 Å². The zero-order chi connectivity index (χ0) is 33.0. The SMILES string of the molecule is CCCCCCCCC=CCCCCCCCC(=O)N1CCN(C(=O)CCNC(=O)C2OC(c3ccccc3)OCC2(C)C)CC1. The molecule has 2 aliphatic rings. The Bertz CT molecular complexity index is 1050. The Hall–Kier alpha value is -2.71. The molecule has 0 aromatic heterocycles. The van der Waals surface area contributed by atoms with Crippen LogP contribution >= 0.6 is 0 Å². The largest absolute Gasteiger partial charge is 0.353 e. The number of nitrogens with zero attached hydrogens (tertiary/aromatic N) is 2. The Labute approximate surface area is 278 Å². The number of amides is 3. The Balaban J connectivity index is 1.21. The van der Waals surface area contributed by atoms with Gasteiger partial charge in [0, 0.05) is 56.5 Å². The van der Waals surface area contributed by atoms with Gasteiger partial charge in [-0.05, 0) is 32.1 Å². The summed E-state index contributed by atoms with van der Waals surface area (Å²) in [5, 5.41) is 2.90. The molecule has 2 heterocycles. The molecule has 2 atom stereocenters. The van der Waals surface area contributed by atoms with Crippen molar-refractivity contribution in [3.63, 3.8) is 0 Å². The Morgan fingerprint density at radius 3 is 1.93 bits per heavy atom. The first-order chi connectivity index (χ1) is 22.3. The summed E-state index contributed by atoms with van der Waals surface area (Å²) < 4.78 is 12.0. The highest BCUT2D eigenvalue weighted by Crippen LogP contribution is 2.36. The predicted octanol–water partition coefficient (Wildman–Crippen LogP) is 7.34. The molecule has 2 saturated heterocycles. The van der Waals surface area contributed by atoms with Crippen LogP contribution in [0.25, 0.3) is 0 Å². The average Bonchev–Trinajstić information content (AvgIpc) is 3.06. The number of unbranched alkanes of at least 4 members (excludes halogenated alkanes) is 11. The molecule has 0 bridgehead atoms. The second kappa shape index (κ2) is 21.2. The number of hydrogen-bond donors (Lipinski definition) is 1. The van der Waals surface area contributed by atoms with E-state index in [0.29, 0.717) is 39.2 Å². The van der Waals surface area contributed by atoms with Gasteiger partial charge in [0.2, 0.25) is 17.7 Å². The number of nitrogens with one attached hydrogen (secondary N) is 1. The van der Waals surface area contributed by atoms with E-state index in [0.717, 1.165) is 18.4 Å². The van der Waals surface area contributed by atoms with Crippen LogP contribution < -0.4 is 5.32 Å². The quantitative estimate of drug-likeness (QED) is 0.119. The van der Waals surface area contributed by atoms with Gasteiger partial charge in [0.1, 0.15) is 6.10 Å². The molecule has 8 heteroatoms. The summed E-state index contributed by atoms with van der Waals surface area (Å²) in [7, 11) is 0. The topological polar surface area (TPSA) is 88.2 Å². The van der Waals surface area contributed by atoms with Crippen molar-refractivity contribution in [1.82, 2.24) is 15.1 Å². The first kappa shape index (κ1) is 37.7. The molecule has 0 radical (unpaired) electrons. The molecule has 3 amide bonds. The molecule has 0 saturated carbocycles. The highest BCUT2D eigenvalue weighted by molar-refractivity contribution is 5.83. The van der Waals surface area contributed by atoms with Gasteiger partial charge in [-0.3, -0.25) is 14.4 Å². The number of benzene rings is 1. The van der Waals surface area contributed by atoms with Gasteiger partial charge in [0.25, 0.3) is 0 Å². The minimum absolute atomic E-state index is 0.000953. The summed E-state index contributed by atoms with van der Waals surface area (Å²) >= 11 is 0. The molecule has 2 aliphatic heterocycles. The zero-order valence-electron chi connectivity index (χ0n) is 29.0. The second-order valence-corrected chi connectivity index (χ2v) is 13.7. The second-order valence-electron chi connectivity index (χ2n) is 13.7. The maximum atomic E-state index is 13.1. The molecule has 1 aromatic carbocycles. The van der Waals surface area contributed by atoms with Crippen LogP contribution in [0.3, 0.4) is 0 Å². The van der Waals surface area contributed by atoms with Crippen LogP contribution in [0.1, 0.15) is 129 Å². The summed E-state index contributed by atoms with van der Waals surface area (Å²) in [5.41, 5.74) is 0.378. The van der Waals surface area contributed by atoms with E-state index in [2.05, 4.69) is 24.4 Å². The van der Waals surface area contributed by atoms with Gasteiger partial charge in [-0.2, -0.15) is 0 Å². The lowest BCUT2D eigenvalue weighted by Gasteiger charge is -2.41. The monoisotopic (exact) mass is 639 g/mol. The van der Waals surface area contributed by atoms with Crippen molar-refractivity contribution in [2.75, 3.05) is 39.3 Å². The maximum Gasteiger partial charge on any atom is 0.249 e. The van der Waals surface area contributed by atoms with Crippen molar-refractivity contribution >= 4 is 17.7 Å². The third kappa shape index (κ3) is 13.6. The normalized spacial score (nSPS) is 19.8. The molecule has 258 valence electrons. The molecule has 2 fully saturated rings. The molecule has 46 heavy (non-hydrogen) atoms. The number of carbonyl (C=O) groups is 3. The summed E-state index contributed by atoms with van der Waals surface area (Å²) in [6.07, 6.45) is 20.4. The van der Waals surface area contributed by atoms with Gasteiger partial charge < -0.3 is 24.6 Å². The molecular weight excluding hydrogens is 578 g/mol. The molecule has 1 N–H and O–H groups in total. The zero-order valence-corrected chi connectivity index (χ0v) is 29.0. The van der Waals surface area contributed by atoms with E-state index < -0.39 is 17.8 Å². The summed E-state index contributed by atoms with van der Waals surface area (Å²) in [5.74, 6) is -0.0306. The molecule has 8 nitrogen and oxygen atoms in total. The van der Waals surface area contributed by atoms with E-state index in [1.165, 1.54) is 70.6 Å². The number of hydrogen-bond acceptors (Lipinski definition) is 5. The Morgan fingerprint density at radius 2 is 1.33 bits per heavy atom. The van der Waals surface area contributed by atoms with Gasteiger partial charge >= 0.3 is 0 Å². The number of allylic oxidation sites excluding steroid dienone is 2. The average molecular weight is 640 g/mol. The van der Waals surface area contributed by atoms with Crippen LogP contribution in [0.15, 0.2) is 42.5 Å². The highest BCUT2D eigenvalue weighted by atomic mass is 16.7. The van der Waals surface area contributed by atoms with Crippen molar-refractivity contribution in [2.45, 2.75) is 129 Å². The molecular formula is C38H61N3O5. The minimum atomic E-state index is -0.683. The number of ether oxygens (including phenoxy) is 2. The summed E-state index contributed by atoms with van der Waals surface area (Å²) in [6.45, 7) is 9.03. The van der Waals surface area contributed by atoms with E-state index in [9.17, 15) is 14.4 Å². The van der Waals surface area contributed by atoms with E-state index >= 15 is 0 Å². The van der Waals surface area contributed by atoms with Gasteiger partial charge in [0.15, 0.2) is 6.29 Å². The molecule has 0 spiro atoms. The first-order valence-electron chi connectivity index (χ1n) is 18.1. The van der Waals surface area contributed by atoms with Crippen molar-refractivity contribution in [2.24, 2.45) is 5.41 Å². The number of carbonyl (C=O) groups excluding carboxylic acids is 3. The van der Waals surface area contributed by atoms with Gasteiger partial charge in [-0.25, -0.2) is 0 Å². The third-order valence-electron chi connectivity index (χ3n) is 9.16. The summed E-state index contributed by atoms with van der Waals surface area (Å²) in [6, 6.07) is 9.60. The van der Waals surface area contributed by atoms with Crippen LogP contribution in [0, 0.1) is 5.41 Å². The van der Waals surface area contributed by atoms with Crippen molar-refractivity contribution < 1.29 is 23.9 Å². The van der Waals surface area contributed by atoms with Crippen LogP contribution in [-0.4, -0.2) is 73.0 Å². The minimum Gasteiger partial charge on any atom is -0.353 e. The van der Waals surface area contributed by atoms with Crippen LogP contribution in [0.4, 0.5) is 0 Å². The fourth-order valence-corrected chi connectivity index (χ4v) is 6.17. The molecule has 0 aliphatic carbocycles. The fraction of sp³-hybridized carbons (Fsp3) is 0.711. The van der Waals surface area contributed by atoms with E-state index in [1.807, 2.05) is 49.1 Å². The van der Waals surface area contributed by atoms with Crippen molar-refractivity contribution in [1.29, 1.82) is 0 Å². The number of rotatable bonds is 20. The lowest BCUT2D eigenvalue weighted by atomic mass is 9.85. The summed E-state index contributed by atoms with van der Waals surface area (Å²) in [4.78, 5) is 42.3. The lowest BCUT2D eigenvalue weighted by Crippen LogP contribution is -2.52.